The summed E-state index contributed by atoms with van der Waals surface area (Å²) in [6, 6.07) is 8.71. The van der Waals surface area contributed by atoms with Crippen LogP contribution in [0, 0.1) is 6.92 Å². The maximum absolute atomic E-state index is 12.8. The van der Waals surface area contributed by atoms with Crippen molar-refractivity contribution in [2.75, 3.05) is 7.05 Å². The van der Waals surface area contributed by atoms with Gasteiger partial charge in [0.25, 0.3) is 0 Å². The number of hydrogen-bond donors (Lipinski definition) is 1. The number of carboxylic acid groups (broad SMARTS) is 1. The molecule has 7 heteroatoms. The van der Waals surface area contributed by atoms with Crippen LogP contribution in [0.15, 0.2) is 40.9 Å². The van der Waals surface area contributed by atoms with Crippen molar-refractivity contribution in [1.29, 1.82) is 0 Å². The van der Waals surface area contributed by atoms with Gasteiger partial charge in [0.05, 0.1) is 19.0 Å². The Hall–Kier alpha value is -3.35. The summed E-state index contributed by atoms with van der Waals surface area (Å²) in [7, 11) is 1.63. The Balaban J connectivity index is 1.77. The van der Waals surface area contributed by atoms with Gasteiger partial charge in [-0.15, -0.1) is 0 Å². The minimum atomic E-state index is -1.07. The van der Waals surface area contributed by atoms with Gasteiger partial charge in [-0.3, -0.25) is 9.59 Å². The molecule has 1 aromatic heterocycles. The molecule has 0 spiro atoms. The van der Waals surface area contributed by atoms with E-state index < -0.39 is 5.97 Å². The van der Waals surface area contributed by atoms with E-state index in [1.54, 1.807) is 25.1 Å². The molecule has 1 aromatic carbocycles. The Morgan fingerprint density at radius 2 is 1.96 bits per heavy atom. The smallest absolute Gasteiger partial charge is 0.339 e. The molecule has 1 N–H and O–H groups in total. The number of aromatic carboxylic acids is 1. The number of carboxylic acids is 1. The zero-order chi connectivity index (χ0) is 20.4. The summed E-state index contributed by atoms with van der Waals surface area (Å²) in [5.41, 5.74) is 1.99. The van der Waals surface area contributed by atoms with Crippen LogP contribution in [-0.4, -0.2) is 39.7 Å². The van der Waals surface area contributed by atoms with Crippen molar-refractivity contribution in [3.63, 3.8) is 0 Å². The molecule has 0 aliphatic carbocycles. The number of carbonyl (C=O) groups is 3. The number of furan rings is 1. The highest BCUT2D eigenvalue weighted by molar-refractivity contribution is 5.88. The minimum absolute atomic E-state index is 0.0879. The van der Waals surface area contributed by atoms with Crippen molar-refractivity contribution in [3.8, 4) is 0 Å². The molecule has 1 aliphatic rings. The van der Waals surface area contributed by atoms with Crippen LogP contribution >= 0.6 is 0 Å². The van der Waals surface area contributed by atoms with Crippen LogP contribution in [0.2, 0.25) is 0 Å². The molecule has 0 saturated heterocycles. The molecule has 2 amide bonds. The quantitative estimate of drug-likeness (QED) is 0.857. The first-order valence-electron chi connectivity index (χ1n) is 8.90. The highest BCUT2D eigenvalue weighted by atomic mass is 16.4. The number of amides is 2. The van der Waals surface area contributed by atoms with Gasteiger partial charge >= 0.3 is 5.97 Å². The number of fused-ring (bicyclic) bond motifs is 1. The van der Waals surface area contributed by atoms with E-state index in [9.17, 15) is 14.4 Å². The van der Waals surface area contributed by atoms with Crippen LogP contribution in [-0.2, 0) is 16.1 Å². The van der Waals surface area contributed by atoms with Gasteiger partial charge in [-0.05, 0) is 30.2 Å². The zero-order valence-corrected chi connectivity index (χ0v) is 16.0. The summed E-state index contributed by atoms with van der Waals surface area (Å²) in [6.07, 6.45) is 3.68. The van der Waals surface area contributed by atoms with Crippen LogP contribution in [0.25, 0.3) is 6.08 Å². The van der Waals surface area contributed by atoms with Gasteiger partial charge < -0.3 is 19.3 Å². The third-order valence-corrected chi connectivity index (χ3v) is 4.86. The molecule has 3 rings (SSSR count). The summed E-state index contributed by atoms with van der Waals surface area (Å²) in [4.78, 5) is 39.1. The van der Waals surface area contributed by atoms with Crippen molar-refractivity contribution in [2.24, 2.45) is 0 Å². The van der Waals surface area contributed by atoms with Crippen molar-refractivity contribution in [2.45, 2.75) is 32.9 Å². The van der Waals surface area contributed by atoms with E-state index in [2.05, 4.69) is 0 Å². The van der Waals surface area contributed by atoms with Crippen LogP contribution in [0.4, 0.5) is 0 Å². The van der Waals surface area contributed by atoms with E-state index in [-0.39, 0.29) is 36.4 Å². The first-order valence-corrected chi connectivity index (χ1v) is 8.90. The summed E-state index contributed by atoms with van der Waals surface area (Å²) in [5, 5.41) is 9.13. The monoisotopic (exact) mass is 382 g/mol. The summed E-state index contributed by atoms with van der Waals surface area (Å²) < 4.78 is 5.45. The fourth-order valence-corrected chi connectivity index (χ4v) is 3.39. The normalized spacial score (nSPS) is 15.2. The van der Waals surface area contributed by atoms with E-state index in [1.807, 2.05) is 30.3 Å². The number of benzene rings is 1. The molecule has 2 aromatic rings. The van der Waals surface area contributed by atoms with Crippen LogP contribution in [0.3, 0.4) is 0 Å². The molecule has 0 fully saturated rings. The molecule has 0 radical (unpaired) electrons. The average Bonchev–Trinajstić information content (AvgIpc) is 3.02. The second-order valence-electron chi connectivity index (χ2n) is 6.83. The summed E-state index contributed by atoms with van der Waals surface area (Å²) in [6.45, 7) is 3.19. The lowest BCUT2D eigenvalue weighted by molar-refractivity contribution is -0.134. The molecule has 0 saturated carbocycles. The van der Waals surface area contributed by atoms with Crippen molar-refractivity contribution in [3.05, 3.63) is 64.7 Å². The topological polar surface area (TPSA) is 91.1 Å². The molecule has 146 valence electrons. The third kappa shape index (κ3) is 3.83. The first kappa shape index (κ1) is 19.4. The fraction of sp³-hybridized carbons (Fsp3) is 0.286. The van der Waals surface area contributed by atoms with Gasteiger partial charge in [0.15, 0.2) is 0 Å². The highest BCUT2D eigenvalue weighted by Crippen LogP contribution is 2.33. The second kappa shape index (κ2) is 7.72. The van der Waals surface area contributed by atoms with Gasteiger partial charge in [0.2, 0.25) is 11.8 Å². The van der Waals surface area contributed by atoms with E-state index in [0.29, 0.717) is 11.5 Å². The average molecular weight is 382 g/mol. The van der Waals surface area contributed by atoms with Crippen molar-refractivity contribution >= 4 is 23.9 Å². The number of rotatable bonds is 5. The van der Waals surface area contributed by atoms with Crippen LogP contribution < -0.4 is 0 Å². The Kier molecular flexibility index (Phi) is 5.35. The molecule has 1 atom stereocenters. The van der Waals surface area contributed by atoms with E-state index >= 15 is 0 Å². The van der Waals surface area contributed by atoms with Gasteiger partial charge in [0, 0.05) is 20.2 Å². The number of nitrogens with zero attached hydrogens (tertiary/aromatic N) is 2. The second-order valence-corrected chi connectivity index (χ2v) is 6.83. The Bertz CT molecular complexity index is 959. The number of aryl methyl sites for hydroxylation is 1. The van der Waals surface area contributed by atoms with Crippen LogP contribution in [0.5, 0.6) is 0 Å². The molecule has 2 heterocycles. The molecule has 28 heavy (non-hydrogen) atoms. The third-order valence-electron chi connectivity index (χ3n) is 4.86. The van der Waals surface area contributed by atoms with Gasteiger partial charge in [-0.2, -0.15) is 0 Å². The van der Waals surface area contributed by atoms with Crippen molar-refractivity contribution in [1.82, 2.24) is 9.80 Å². The van der Waals surface area contributed by atoms with Gasteiger partial charge in [0.1, 0.15) is 17.1 Å². The largest absolute Gasteiger partial charge is 0.478 e. The zero-order valence-electron chi connectivity index (χ0n) is 16.0. The van der Waals surface area contributed by atoms with Gasteiger partial charge in [-0.1, -0.05) is 24.3 Å². The van der Waals surface area contributed by atoms with E-state index in [1.165, 1.54) is 17.9 Å². The molecule has 0 bridgehead atoms. The molecule has 1 aliphatic heterocycles. The maximum Gasteiger partial charge on any atom is 0.339 e. The highest BCUT2D eigenvalue weighted by Gasteiger charge is 2.29. The Labute approximate surface area is 162 Å². The van der Waals surface area contributed by atoms with E-state index in [0.717, 1.165) is 11.1 Å². The van der Waals surface area contributed by atoms with Gasteiger partial charge in [-0.25, -0.2) is 4.79 Å². The SMILES string of the molecule is CC(=O)N1C=Cc2ccccc2[C@@H]1CC(=O)N(C)Cc1cc(C(=O)O)c(C)o1. The predicted octanol–water partition coefficient (Wildman–Crippen LogP) is 3.21. The van der Waals surface area contributed by atoms with Crippen LogP contribution in [0.1, 0.15) is 52.4 Å². The first-order chi connectivity index (χ1) is 13.3. The summed E-state index contributed by atoms with van der Waals surface area (Å²) in [5.74, 6) is -0.675. The lowest BCUT2D eigenvalue weighted by Crippen LogP contribution is -2.35. The molecular weight excluding hydrogens is 360 g/mol. The number of hydrogen-bond acceptors (Lipinski definition) is 4. The number of carbonyl (C=O) groups excluding carboxylic acids is 2. The predicted molar refractivity (Wildman–Crippen MR) is 102 cm³/mol. The maximum atomic E-state index is 12.8. The molecule has 0 unspecified atom stereocenters. The lowest BCUT2D eigenvalue weighted by Gasteiger charge is -2.33. The standard InChI is InChI=1S/C21H22N2O5/c1-13-18(21(26)27)10-16(28-13)12-22(3)20(25)11-19-17-7-5-4-6-15(17)8-9-23(19)14(2)24/h4-10,19H,11-12H2,1-3H3,(H,26,27)/t19-/m0/s1. The summed E-state index contributed by atoms with van der Waals surface area (Å²) >= 11 is 0. The fourth-order valence-electron chi connectivity index (χ4n) is 3.39. The molecule has 7 nitrogen and oxygen atoms in total. The van der Waals surface area contributed by atoms with E-state index in [4.69, 9.17) is 9.52 Å². The Morgan fingerprint density at radius 3 is 2.61 bits per heavy atom. The Morgan fingerprint density at radius 1 is 1.25 bits per heavy atom. The molecular formula is C21H22N2O5. The lowest BCUT2D eigenvalue weighted by atomic mass is 9.93. The van der Waals surface area contributed by atoms with Crippen molar-refractivity contribution < 1.29 is 23.9 Å². The minimum Gasteiger partial charge on any atom is -0.478 e.